The number of nitrogens with two attached hydrogens (primary N) is 4. The maximum Gasteiger partial charge on any atom is 0.243 e. The van der Waals surface area contributed by atoms with Crippen LogP contribution in [0.25, 0.3) is 0 Å². The van der Waals surface area contributed by atoms with Crippen molar-refractivity contribution in [3.05, 3.63) is 41.5 Å². The van der Waals surface area contributed by atoms with Gasteiger partial charge in [-0.2, -0.15) is 0 Å². The zero-order valence-electron chi connectivity index (χ0n) is 30.8. The van der Waals surface area contributed by atoms with Gasteiger partial charge in [0, 0.05) is 6.54 Å². The summed E-state index contributed by atoms with van der Waals surface area (Å²) >= 11 is 0. The van der Waals surface area contributed by atoms with Crippen molar-refractivity contribution in [3.63, 3.8) is 0 Å². The number of carbonyl (C=O) groups is 4. The van der Waals surface area contributed by atoms with Crippen molar-refractivity contribution >= 4 is 112 Å². The fourth-order valence-corrected chi connectivity index (χ4v) is 6.50. The second-order valence-corrected chi connectivity index (χ2v) is 13.8. The van der Waals surface area contributed by atoms with E-state index in [0.717, 1.165) is 38.4 Å². The minimum atomic E-state index is -1.18. The van der Waals surface area contributed by atoms with E-state index in [1.807, 2.05) is 77.4 Å². The lowest BCUT2D eigenvalue weighted by Gasteiger charge is -2.40. The summed E-state index contributed by atoms with van der Waals surface area (Å²) in [6.45, 7) is 0.712. The molecule has 2 aromatic carbocycles. The lowest BCUT2D eigenvalue weighted by atomic mass is 9.42. The molecule has 0 unspecified atom stereocenters. The van der Waals surface area contributed by atoms with E-state index in [4.69, 9.17) is 28.3 Å². The van der Waals surface area contributed by atoms with Gasteiger partial charge < -0.3 is 44.2 Å². The van der Waals surface area contributed by atoms with Gasteiger partial charge in [0.05, 0.1) is 6.04 Å². The Labute approximate surface area is 302 Å². The minimum absolute atomic E-state index is 0.161. The monoisotopic (exact) mass is 679 g/mol. The van der Waals surface area contributed by atoms with Gasteiger partial charge >= 0.3 is 0 Å². The van der Waals surface area contributed by atoms with Gasteiger partial charge in [-0.05, 0) is 55.8 Å². The molecule has 50 heavy (non-hydrogen) atoms. The normalized spacial score (nSPS) is 13.6. The Morgan fingerprint density at radius 2 is 1.28 bits per heavy atom. The third kappa shape index (κ3) is 11.5. The van der Waals surface area contributed by atoms with Crippen LogP contribution in [0.15, 0.2) is 30.3 Å². The molecular formula is C30H52B7N9O4. The van der Waals surface area contributed by atoms with Crippen LogP contribution < -0.4 is 71.5 Å². The van der Waals surface area contributed by atoms with E-state index in [0.29, 0.717) is 32.2 Å². The summed E-state index contributed by atoms with van der Waals surface area (Å²) in [5.74, 6) is -2.62. The number of amides is 4. The molecule has 4 amide bonds. The first kappa shape index (κ1) is 42.1. The molecule has 0 fully saturated rings. The standard InChI is InChI=1S/C30H52B7N9O4/c31-19-18(20(32)22(34)23(35)21(19)33)30(36,37)24(28(50)44-16(25(40)47)9-4-5-11-38)46-27(49)17(10-6-12-43-29(41)42)45-26(48)15(39)13-14-7-2-1-3-8-14/h1-3,7-8,15-17,24H,4-6,9-13,31-39H2,(H2,40,47)(H,44,50)(H,45,48)(H,46,49)(H4,41,42,43)/t15-,16-,17+,24+/m0/s1. The average Bonchev–Trinajstić information content (AvgIpc) is 3.06. The molecule has 0 heterocycles. The minimum Gasteiger partial charge on any atom is -0.370 e. The van der Waals surface area contributed by atoms with Crippen molar-refractivity contribution in [3.8, 4) is 0 Å². The number of rotatable bonds is 19. The predicted molar refractivity (Wildman–Crippen MR) is 221 cm³/mol. The van der Waals surface area contributed by atoms with Crippen LogP contribution in [0.1, 0.15) is 43.2 Å². The summed E-state index contributed by atoms with van der Waals surface area (Å²) in [4.78, 5) is 54.3. The maximum absolute atomic E-state index is 14.3. The number of unbranched alkanes of at least 4 members (excludes halogenated alkanes) is 1. The average molecular weight is 678 g/mol. The van der Waals surface area contributed by atoms with E-state index >= 15 is 0 Å². The Balaban J connectivity index is 2.55. The highest BCUT2D eigenvalue weighted by Crippen LogP contribution is 2.19. The zero-order valence-corrected chi connectivity index (χ0v) is 30.8. The van der Waals surface area contributed by atoms with Crippen LogP contribution in [0, 0.1) is 5.41 Å². The van der Waals surface area contributed by atoms with Crippen molar-refractivity contribution < 1.29 is 19.2 Å². The summed E-state index contributed by atoms with van der Waals surface area (Å²) in [6.07, 6.45) is 2.30. The van der Waals surface area contributed by atoms with Crippen molar-refractivity contribution in [1.29, 1.82) is 5.41 Å². The quantitative estimate of drug-likeness (QED) is 0.0298. The molecule has 0 spiro atoms. The molecule has 13 N–H and O–H groups in total. The zero-order chi connectivity index (χ0) is 37.8. The summed E-state index contributed by atoms with van der Waals surface area (Å²) < 4.78 is 0. The fraction of sp³-hybridized carbons (Fsp3) is 0.433. The fourth-order valence-electron chi connectivity index (χ4n) is 6.50. The van der Waals surface area contributed by atoms with Crippen LogP contribution in [-0.4, -0.2) is 122 Å². The number of hydrogen-bond donors (Lipinski definition) is 9. The Hall–Kier alpha value is -4.04. The van der Waals surface area contributed by atoms with Gasteiger partial charge in [0.1, 0.15) is 73.0 Å². The molecule has 13 nitrogen and oxygen atoms in total. The number of carbonyl (C=O) groups excluding carboxylic acids is 4. The highest BCUT2D eigenvalue weighted by Gasteiger charge is 2.42. The number of primary amides is 1. The molecule has 0 aliphatic carbocycles. The largest absolute Gasteiger partial charge is 0.370 e. The van der Waals surface area contributed by atoms with Gasteiger partial charge in [-0.15, -0.1) is 16.4 Å². The first-order chi connectivity index (χ1) is 23.4. The van der Waals surface area contributed by atoms with Crippen LogP contribution in [0.2, 0.25) is 0 Å². The number of hydrogen-bond acceptors (Lipinski definition) is 7. The van der Waals surface area contributed by atoms with Crippen LogP contribution in [0.4, 0.5) is 0 Å². The van der Waals surface area contributed by atoms with E-state index in [2.05, 4.69) is 29.1 Å². The number of nitrogens with one attached hydrogen (secondary N) is 5. The van der Waals surface area contributed by atoms with E-state index in [1.165, 1.54) is 0 Å². The highest BCUT2D eigenvalue weighted by molar-refractivity contribution is 6.68. The number of guanidine groups is 1. The summed E-state index contributed by atoms with van der Waals surface area (Å²) in [5, 5.41) is 17.7. The Kier molecular flexibility index (Phi) is 16.3. The molecule has 0 aliphatic rings. The summed E-state index contributed by atoms with van der Waals surface area (Å²) in [5.41, 5.74) is 30.1. The molecule has 0 radical (unpaired) electrons. The third-order valence-corrected chi connectivity index (χ3v) is 9.77. The summed E-state index contributed by atoms with van der Waals surface area (Å²) in [7, 11) is 13.9. The molecule has 0 bridgehead atoms. The Bertz CT molecular complexity index is 1510. The smallest absolute Gasteiger partial charge is 0.243 e. The van der Waals surface area contributed by atoms with Crippen LogP contribution in [0.5, 0.6) is 0 Å². The first-order valence-corrected chi connectivity index (χ1v) is 17.3. The topological polar surface area (TPSA) is 244 Å². The molecule has 2 aromatic rings. The lowest BCUT2D eigenvalue weighted by Crippen LogP contribution is -2.68. The molecular weight excluding hydrogens is 626 g/mol. The highest BCUT2D eigenvalue weighted by atomic mass is 16.2. The third-order valence-electron chi connectivity index (χ3n) is 9.77. The van der Waals surface area contributed by atoms with Gasteiger partial charge in [-0.1, -0.05) is 46.8 Å². The van der Waals surface area contributed by atoms with E-state index < -0.39 is 53.0 Å². The van der Waals surface area contributed by atoms with Gasteiger partial charge in [0.2, 0.25) is 23.6 Å². The summed E-state index contributed by atoms with van der Waals surface area (Å²) in [6, 6.07) is 5.13. The van der Waals surface area contributed by atoms with Crippen LogP contribution >= 0.6 is 0 Å². The second kappa shape index (κ2) is 19.4. The van der Waals surface area contributed by atoms with Crippen molar-refractivity contribution in [2.75, 3.05) is 13.1 Å². The number of benzene rings is 2. The molecule has 0 aromatic heterocycles. The molecule has 262 valence electrons. The van der Waals surface area contributed by atoms with E-state index in [1.54, 1.807) is 0 Å². The Morgan fingerprint density at radius 1 is 0.740 bits per heavy atom. The molecule has 0 aliphatic heterocycles. The van der Waals surface area contributed by atoms with E-state index in [9.17, 15) is 19.2 Å². The lowest BCUT2D eigenvalue weighted by molar-refractivity contribution is -0.134. The van der Waals surface area contributed by atoms with Crippen LogP contribution in [0.3, 0.4) is 0 Å². The van der Waals surface area contributed by atoms with E-state index in [-0.39, 0.29) is 25.3 Å². The predicted octanol–water partition coefficient (Wildman–Crippen LogP) is -11.7. The molecule has 0 saturated heterocycles. The maximum atomic E-state index is 14.3. The van der Waals surface area contributed by atoms with Gasteiger partial charge in [-0.25, -0.2) is 0 Å². The van der Waals surface area contributed by atoms with Crippen molar-refractivity contribution in [1.82, 2.24) is 21.3 Å². The Morgan fingerprint density at radius 3 is 1.82 bits per heavy atom. The first-order valence-electron chi connectivity index (χ1n) is 17.3. The molecule has 2 rings (SSSR count). The van der Waals surface area contributed by atoms with Gasteiger partial charge in [-0.3, -0.25) is 24.6 Å². The molecule has 4 atom stereocenters. The van der Waals surface area contributed by atoms with Gasteiger partial charge in [0.25, 0.3) is 0 Å². The van der Waals surface area contributed by atoms with Gasteiger partial charge in [0.15, 0.2) is 5.96 Å². The molecule has 0 saturated carbocycles. The second-order valence-electron chi connectivity index (χ2n) is 13.8. The van der Waals surface area contributed by atoms with Crippen LogP contribution in [-0.2, 0) is 30.8 Å². The van der Waals surface area contributed by atoms with Crippen molar-refractivity contribution in [2.45, 2.75) is 67.9 Å². The SMILES string of the molecule is Bc1c(B)c(B)c(C(B)(B)[C@H](NC(=O)[C@@H](CCCNC(=N)N)NC(=O)[C@@H](N)Cc2ccccc2)C(=O)N[C@@H](CCCCN)C(N)=O)c(B)c1B. The van der Waals surface area contributed by atoms with Crippen molar-refractivity contribution in [2.24, 2.45) is 22.9 Å². The molecule has 20 heteroatoms.